The molecule has 6 heteroatoms. The van der Waals surface area contributed by atoms with E-state index in [0.29, 0.717) is 24.7 Å². The van der Waals surface area contributed by atoms with Gasteiger partial charge in [0.2, 0.25) is 0 Å². The molecule has 0 aliphatic carbocycles. The van der Waals surface area contributed by atoms with Gasteiger partial charge in [0.05, 0.1) is 0 Å². The molecular weight excluding hydrogens is 318 g/mol. The molecule has 0 bridgehead atoms. The van der Waals surface area contributed by atoms with Gasteiger partial charge in [-0.05, 0) is 36.1 Å². The van der Waals surface area contributed by atoms with Gasteiger partial charge in [-0.25, -0.2) is 9.78 Å². The highest BCUT2D eigenvalue weighted by Crippen LogP contribution is 2.23. The van der Waals surface area contributed by atoms with Crippen LogP contribution in [0.1, 0.15) is 12.5 Å². The van der Waals surface area contributed by atoms with Crippen LogP contribution in [0.5, 0.6) is 11.5 Å². The van der Waals surface area contributed by atoms with Crippen LogP contribution in [0.25, 0.3) is 10.8 Å². The number of hydrogen-bond acceptors (Lipinski definition) is 4. The zero-order valence-corrected chi connectivity index (χ0v) is 13.8. The average Bonchev–Trinajstić information content (AvgIpc) is 2.60. The van der Waals surface area contributed by atoms with Crippen molar-refractivity contribution in [1.29, 1.82) is 0 Å². The second-order valence-electron chi connectivity index (χ2n) is 5.48. The summed E-state index contributed by atoms with van der Waals surface area (Å²) in [6.07, 6.45) is 1.72. The summed E-state index contributed by atoms with van der Waals surface area (Å²) >= 11 is 0. The van der Waals surface area contributed by atoms with Crippen molar-refractivity contribution in [2.24, 2.45) is 0 Å². The number of anilines is 1. The number of pyridine rings is 1. The molecule has 0 saturated carbocycles. The van der Waals surface area contributed by atoms with E-state index in [0.717, 1.165) is 16.3 Å². The van der Waals surface area contributed by atoms with Gasteiger partial charge in [0.25, 0.3) is 0 Å². The second-order valence-corrected chi connectivity index (χ2v) is 5.48. The van der Waals surface area contributed by atoms with Crippen molar-refractivity contribution in [2.45, 2.75) is 13.5 Å². The summed E-state index contributed by atoms with van der Waals surface area (Å²) in [6, 6.07) is 14.1. The Morgan fingerprint density at radius 1 is 1.20 bits per heavy atom. The van der Waals surface area contributed by atoms with Crippen molar-refractivity contribution in [1.82, 2.24) is 10.3 Å². The lowest BCUT2D eigenvalue weighted by Gasteiger charge is -2.10. The van der Waals surface area contributed by atoms with Crippen molar-refractivity contribution in [2.75, 3.05) is 11.9 Å². The number of nitrogens with zero attached hydrogens (tertiary/aromatic N) is 1. The number of fused-ring (bicyclic) bond motifs is 1. The zero-order valence-electron chi connectivity index (χ0n) is 13.8. The minimum atomic E-state index is -0.280. The summed E-state index contributed by atoms with van der Waals surface area (Å²) in [7, 11) is 0. The van der Waals surface area contributed by atoms with Crippen LogP contribution in [-0.2, 0) is 6.61 Å². The van der Waals surface area contributed by atoms with Crippen molar-refractivity contribution in [3.63, 3.8) is 0 Å². The number of amides is 2. The molecule has 2 aromatic carbocycles. The molecule has 6 nitrogen and oxygen atoms in total. The van der Waals surface area contributed by atoms with Crippen LogP contribution in [0.4, 0.5) is 10.6 Å². The quantitative estimate of drug-likeness (QED) is 0.663. The van der Waals surface area contributed by atoms with Gasteiger partial charge in [-0.1, -0.05) is 24.3 Å². The maximum atomic E-state index is 11.6. The van der Waals surface area contributed by atoms with Gasteiger partial charge in [-0.2, -0.15) is 0 Å². The molecule has 3 rings (SSSR count). The van der Waals surface area contributed by atoms with Gasteiger partial charge >= 0.3 is 6.03 Å². The first kappa shape index (κ1) is 16.6. The van der Waals surface area contributed by atoms with E-state index in [1.807, 2.05) is 31.2 Å². The Bertz CT molecular complexity index is 896. The SMILES string of the molecule is CCNC(=O)Nc1cc2cccc(COc3cccc(O)c3)c2cn1. The number of phenolic OH excluding ortho intramolecular Hbond substituents is 1. The fourth-order valence-electron chi connectivity index (χ4n) is 2.48. The van der Waals surface area contributed by atoms with Crippen molar-refractivity contribution in [3.8, 4) is 11.5 Å². The van der Waals surface area contributed by atoms with Gasteiger partial charge < -0.3 is 15.2 Å². The lowest BCUT2D eigenvalue weighted by atomic mass is 10.1. The molecule has 1 aromatic heterocycles. The molecule has 0 aliphatic heterocycles. The number of aromatic hydroxyl groups is 1. The Hall–Kier alpha value is -3.28. The first-order valence-electron chi connectivity index (χ1n) is 8.00. The largest absolute Gasteiger partial charge is 0.508 e. The van der Waals surface area contributed by atoms with Crippen LogP contribution in [-0.4, -0.2) is 22.7 Å². The summed E-state index contributed by atoms with van der Waals surface area (Å²) in [5.74, 6) is 1.25. The highest BCUT2D eigenvalue weighted by molar-refractivity contribution is 5.92. The Labute approximate surface area is 145 Å². The number of carbonyl (C=O) groups is 1. The molecule has 1 heterocycles. The Morgan fingerprint density at radius 3 is 2.84 bits per heavy atom. The third kappa shape index (κ3) is 4.17. The first-order valence-corrected chi connectivity index (χ1v) is 8.00. The normalized spacial score (nSPS) is 10.4. The first-order chi connectivity index (χ1) is 12.2. The molecule has 0 atom stereocenters. The van der Waals surface area contributed by atoms with Crippen LogP contribution in [0, 0.1) is 0 Å². The molecule has 0 unspecified atom stereocenters. The maximum absolute atomic E-state index is 11.6. The molecule has 0 radical (unpaired) electrons. The maximum Gasteiger partial charge on any atom is 0.320 e. The molecule has 0 saturated heterocycles. The minimum Gasteiger partial charge on any atom is -0.508 e. The van der Waals surface area contributed by atoms with Gasteiger partial charge in [0.15, 0.2) is 0 Å². The number of urea groups is 1. The van der Waals surface area contributed by atoms with Crippen LogP contribution in [0.3, 0.4) is 0 Å². The minimum absolute atomic E-state index is 0.165. The molecule has 0 spiro atoms. The lowest BCUT2D eigenvalue weighted by molar-refractivity contribution is 0.252. The predicted molar refractivity (Wildman–Crippen MR) is 96.9 cm³/mol. The van der Waals surface area contributed by atoms with E-state index in [9.17, 15) is 9.90 Å². The molecule has 2 amide bonds. The van der Waals surface area contributed by atoms with Crippen molar-refractivity contribution >= 4 is 22.6 Å². The zero-order chi connectivity index (χ0) is 17.6. The number of phenols is 1. The number of aromatic nitrogens is 1. The Morgan fingerprint density at radius 2 is 2.04 bits per heavy atom. The monoisotopic (exact) mass is 337 g/mol. The standard InChI is InChI=1S/C19H19N3O3/c1-2-20-19(24)22-18-9-13-5-3-6-14(17(13)11-21-18)12-25-16-8-4-7-15(23)10-16/h3-11,23H,2,12H2,1H3,(H2,20,21,22,24). The van der Waals surface area contributed by atoms with Crippen molar-refractivity contribution < 1.29 is 14.6 Å². The van der Waals surface area contributed by atoms with Crippen LogP contribution in [0.2, 0.25) is 0 Å². The van der Waals surface area contributed by atoms with Crippen LogP contribution < -0.4 is 15.4 Å². The summed E-state index contributed by atoms with van der Waals surface area (Å²) in [4.78, 5) is 15.9. The van der Waals surface area contributed by atoms with E-state index in [1.165, 1.54) is 0 Å². The summed E-state index contributed by atoms with van der Waals surface area (Å²) in [5, 5.41) is 16.8. The number of ether oxygens (including phenoxy) is 1. The van der Waals surface area contributed by atoms with Gasteiger partial charge in [-0.15, -0.1) is 0 Å². The Balaban J connectivity index is 1.78. The summed E-state index contributed by atoms with van der Waals surface area (Å²) < 4.78 is 5.74. The van der Waals surface area contributed by atoms with E-state index in [1.54, 1.807) is 30.5 Å². The third-order valence-corrected chi connectivity index (χ3v) is 3.65. The highest BCUT2D eigenvalue weighted by atomic mass is 16.5. The van der Waals surface area contributed by atoms with E-state index in [-0.39, 0.29) is 11.8 Å². The van der Waals surface area contributed by atoms with E-state index >= 15 is 0 Å². The smallest absolute Gasteiger partial charge is 0.320 e. The average molecular weight is 337 g/mol. The van der Waals surface area contributed by atoms with Crippen LogP contribution in [0.15, 0.2) is 54.7 Å². The predicted octanol–water partition coefficient (Wildman–Crippen LogP) is 3.66. The second kappa shape index (κ2) is 7.53. The molecule has 0 fully saturated rings. The lowest BCUT2D eigenvalue weighted by Crippen LogP contribution is -2.28. The van der Waals surface area contributed by atoms with Crippen molar-refractivity contribution in [3.05, 3.63) is 60.3 Å². The number of nitrogens with one attached hydrogen (secondary N) is 2. The number of rotatable bonds is 5. The summed E-state index contributed by atoms with van der Waals surface area (Å²) in [5.41, 5.74) is 0.970. The number of carbonyl (C=O) groups excluding carboxylic acids is 1. The van der Waals surface area contributed by atoms with E-state index < -0.39 is 0 Å². The molecule has 0 aliphatic rings. The van der Waals surface area contributed by atoms with E-state index in [2.05, 4.69) is 15.6 Å². The molecule has 3 N–H and O–H groups in total. The molecule has 25 heavy (non-hydrogen) atoms. The fourth-order valence-corrected chi connectivity index (χ4v) is 2.48. The molecule has 128 valence electrons. The topological polar surface area (TPSA) is 83.5 Å². The number of hydrogen-bond donors (Lipinski definition) is 3. The van der Waals surface area contributed by atoms with E-state index in [4.69, 9.17) is 4.74 Å². The Kier molecular flexibility index (Phi) is 4.99. The van der Waals surface area contributed by atoms with Gasteiger partial charge in [0.1, 0.15) is 23.9 Å². The highest BCUT2D eigenvalue weighted by Gasteiger charge is 2.06. The number of benzene rings is 2. The fraction of sp³-hybridized carbons (Fsp3) is 0.158. The van der Waals surface area contributed by atoms with Gasteiger partial charge in [0, 0.05) is 24.2 Å². The van der Waals surface area contributed by atoms with Gasteiger partial charge in [-0.3, -0.25) is 5.32 Å². The third-order valence-electron chi connectivity index (χ3n) is 3.65. The molecular formula is C19H19N3O3. The summed E-state index contributed by atoms with van der Waals surface area (Å²) in [6.45, 7) is 2.76. The molecule has 3 aromatic rings. The van der Waals surface area contributed by atoms with Crippen LogP contribution >= 0.6 is 0 Å².